The van der Waals surface area contributed by atoms with E-state index in [1.54, 1.807) is 30.5 Å². The molecule has 1 saturated heterocycles. The Bertz CT molecular complexity index is 1150. The van der Waals surface area contributed by atoms with Crippen molar-refractivity contribution in [3.8, 4) is 5.88 Å². The van der Waals surface area contributed by atoms with Crippen molar-refractivity contribution < 1.29 is 28.9 Å². The molecule has 6 rings (SSSR count). The Hall–Kier alpha value is -2.35. The van der Waals surface area contributed by atoms with E-state index >= 15 is 0 Å². The third-order valence-electron chi connectivity index (χ3n) is 10.2. The third-order valence-corrected chi connectivity index (χ3v) is 10.2. The number of fused-ring (bicyclic) bond motifs is 7. The largest absolute Gasteiger partial charge is 0.470 e. The van der Waals surface area contributed by atoms with Gasteiger partial charge in [-0.15, -0.1) is 0 Å². The van der Waals surface area contributed by atoms with E-state index in [0.717, 1.165) is 31.3 Å². The van der Waals surface area contributed by atoms with Crippen molar-refractivity contribution in [3.63, 3.8) is 0 Å². The van der Waals surface area contributed by atoms with Crippen molar-refractivity contribution in [1.29, 1.82) is 0 Å². The molecule has 4 aliphatic carbocycles. The van der Waals surface area contributed by atoms with Gasteiger partial charge in [-0.25, -0.2) is 4.98 Å². The molecule has 7 heteroatoms. The standard InChI is InChI=1S/C30H37NO6/c1-4-7-26-36-24-15-21-20-10-9-18-14-19(32)11-12-28(18,2)27(20)22(33)16-29(21,3)30(24,37-26)23(34)17-35-25-8-5-6-13-31-25/h5-6,8,11-14,20-22,24,26-27,33H,4,7,9-10,15-17H2,1-3H3/t20?,21?,22-,24+,26+,27?,28?,29?,30+/m0/s1. The van der Waals surface area contributed by atoms with Crippen molar-refractivity contribution in [1.82, 2.24) is 4.98 Å². The molecule has 198 valence electrons. The van der Waals surface area contributed by atoms with Crippen LogP contribution in [-0.4, -0.2) is 52.4 Å². The first-order chi connectivity index (χ1) is 17.7. The van der Waals surface area contributed by atoms with Crippen LogP contribution in [0.1, 0.15) is 59.3 Å². The number of rotatable bonds is 6. The van der Waals surface area contributed by atoms with Gasteiger partial charge < -0.3 is 19.3 Å². The Morgan fingerprint density at radius 3 is 2.89 bits per heavy atom. The predicted octanol–water partition coefficient (Wildman–Crippen LogP) is 4.20. The molecule has 1 aromatic rings. The summed E-state index contributed by atoms with van der Waals surface area (Å²) in [6.45, 7) is 6.21. The zero-order chi connectivity index (χ0) is 26.0. The molecule has 37 heavy (non-hydrogen) atoms. The summed E-state index contributed by atoms with van der Waals surface area (Å²) < 4.78 is 18.9. The quantitative estimate of drug-likeness (QED) is 0.617. The molecule has 1 N–H and O–H groups in total. The van der Waals surface area contributed by atoms with Gasteiger partial charge in [0.1, 0.15) is 0 Å². The van der Waals surface area contributed by atoms with Crippen LogP contribution in [0.5, 0.6) is 5.88 Å². The minimum Gasteiger partial charge on any atom is -0.470 e. The summed E-state index contributed by atoms with van der Waals surface area (Å²) in [5.74, 6) is 0.613. The molecule has 0 spiro atoms. The molecule has 2 heterocycles. The first-order valence-electron chi connectivity index (χ1n) is 13.8. The van der Waals surface area contributed by atoms with E-state index in [1.807, 2.05) is 12.1 Å². The Labute approximate surface area is 218 Å². The van der Waals surface area contributed by atoms with Crippen LogP contribution in [0.2, 0.25) is 0 Å². The van der Waals surface area contributed by atoms with E-state index in [9.17, 15) is 14.7 Å². The molecule has 5 aliphatic rings. The van der Waals surface area contributed by atoms with Gasteiger partial charge in [-0.2, -0.15) is 0 Å². The van der Waals surface area contributed by atoms with Crippen LogP contribution in [-0.2, 0) is 19.1 Å². The number of aromatic nitrogens is 1. The van der Waals surface area contributed by atoms with Crippen molar-refractivity contribution >= 4 is 11.6 Å². The van der Waals surface area contributed by atoms with Gasteiger partial charge in [0.05, 0.1) is 12.2 Å². The highest BCUT2D eigenvalue weighted by Gasteiger charge is 2.75. The maximum Gasteiger partial charge on any atom is 0.213 e. The molecule has 5 unspecified atom stereocenters. The lowest BCUT2D eigenvalue weighted by Gasteiger charge is -2.59. The van der Waals surface area contributed by atoms with Crippen LogP contribution in [0.25, 0.3) is 0 Å². The van der Waals surface area contributed by atoms with E-state index < -0.39 is 23.4 Å². The van der Waals surface area contributed by atoms with Crippen molar-refractivity contribution in [2.24, 2.45) is 28.6 Å². The van der Waals surface area contributed by atoms with E-state index in [0.29, 0.717) is 18.7 Å². The molecule has 7 nitrogen and oxygen atoms in total. The second kappa shape index (κ2) is 8.85. The molecule has 1 aromatic heterocycles. The number of hydrogen-bond acceptors (Lipinski definition) is 7. The van der Waals surface area contributed by atoms with E-state index in [1.165, 1.54) is 0 Å². The van der Waals surface area contributed by atoms with Gasteiger partial charge in [0.25, 0.3) is 0 Å². The number of ketones is 2. The fraction of sp³-hybridized carbons (Fsp3) is 0.633. The SMILES string of the molecule is CCC[C@@H]1O[C@@H]2CC3C4CCC5=CC(=O)C=CC5(C)C4[C@@H](O)CC3(C)[C@]2(C(=O)COc2ccccn2)O1. The van der Waals surface area contributed by atoms with E-state index in [2.05, 4.69) is 25.8 Å². The van der Waals surface area contributed by atoms with E-state index in [4.69, 9.17) is 14.2 Å². The van der Waals surface area contributed by atoms with Crippen molar-refractivity contribution in [2.75, 3.05) is 6.61 Å². The average molecular weight is 508 g/mol. The summed E-state index contributed by atoms with van der Waals surface area (Å²) in [4.78, 5) is 30.4. The first kappa shape index (κ1) is 25.0. The maximum absolute atomic E-state index is 14.1. The zero-order valence-corrected chi connectivity index (χ0v) is 21.9. The molecule has 3 saturated carbocycles. The molecule has 1 aliphatic heterocycles. The van der Waals surface area contributed by atoms with Gasteiger partial charge in [0, 0.05) is 29.0 Å². The lowest BCUT2D eigenvalue weighted by molar-refractivity contribution is -0.200. The fourth-order valence-corrected chi connectivity index (χ4v) is 8.68. The van der Waals surface area contributed by atoms with Crippen LogP contribution >= 0.6 is 0 Å². The average Bonchev–Trinajstić information content (AvgIpc) is 3.35. The Morgan fingerprint density at radius 1 is 1.30 bits per heavy atom. The molecule has 4 fully saturated rings. The highest BCUT2D eigenvalue weighted by Crippen LogP contribution is 2.69. The monoisotopic (exact) mass is 507 g/mol. The number of pyridine rings is 1. The maximum atomic E-state index is 14.1. The van der Waals surface area contributed by atoms with Gasteiger partial charge in [-0.1, -0.05) is 44.9 Å². The molecular weight excluding hydrogens is 470 g/mol. The van der Waals surface area contributed by atoms with Gasteiger partial charge in [-0.05, 0) is 62.2 Å². The van der Waals surface area contributed by atoms with Gasteiger partial charge >= 0.3 is 0 Å². The van der Waals surface area contributed by atoms with Crippen LogP contribution < -0.4 is 4.74 Å². The summed E-state index contributed by atoms with van der Waals surface area (Å²) in [7, 11) is 0. The van der Waals surface area contributed by atoms with Crippen LogP contribution in [0.4, 0.5) is 0 Å². The van der Waals surface area contributed by atoms with Crippen molar-refractivity contribution in [3.05, 3.63) is 48.2 Å². The summed E-state index contributed by atoms with van der Waals surface area (Å²) in [6.07, 6.45) is 10.1. The fourth-order valence-electron chi connectivity index (χ4n) is 8.68. The number of Topliss-reactive ketones (excluding diaryl/α,β-unsaturated/α-hetero) is 1. The summed E-state index contributed by atoms with van der Waals surface area (Å²) in [6, 6.07) is 5.36. The minimum atomic E-state index is -1.17. The molecule has 0 bridgehead atoms. The Morgan fingerprint density at radius 2 is 2.14 bits per heavy atom. The lowest BCUT2D eigenvalue weighted by Crippen LogP contribution is -2.63. The third kappa shape index (κ3) is 3.53. The second-order valence-corrected chi connectivity index (χ2v) is 12.0. The normalized spacial score (nSPS) is 43.9. The summed E-state index contributed by atoms with van der Waals surface area (Å²) >= 11 is 0. The topological polar surface area (TPSA) is 95.0 Å². The smallest absolute Gasteiger partial charge is 0.213 e. The van der Waals surface area contributed by atoms with Crippen molar-refractivity contribution in [2.45, 2.75) is 83.4 Å². The highest BCUT2D eigenvalue weighted by atomic mass is 16.7. The first-order valence-corrected chi connectivity index (χ1v) is 13.8. The van der Waals surface area contributed by atoms with Crippen LogP contribution in [0.3, 0.4) is 0 Å². The van der Waals surface area contributed by atoms with Gasteiger partial charge in [-0.3, -0.25) is 9.59 Å². The number of allylic oxidation sites excluding steroid dienone is 4. The number of carbonyl (C=O) groups excluding carboxylic acids is 2. The summed E-state index contributed by atoms with van der Waals surface area (Å²) in [5, 5.41) is 11.8. The highest BCUT2D eigenvalue weighted by molar-refractivity contribution is 6.01. The minimum absolute atomic E-state index is 0.0166. The molecule has 0 amide bonds. The van der Waals surface area contributed by atoms with E-state index in [-0.39, 0.29) is 47.4 Å². The number of hydrogen-bond donors (Lipinski definition) is 1. The second-order valence-electron chi connectivity index (χ2n) is 12.0. The Balaban J connectivity index is 1.35. The van der Waals surface area contributed by atoms with Gasteiger partial charge in [0.2, 0.25) is 11.7 Å². The number of ether oxygens (including phenoxy) is 3. The summed E-state index contributed by atoms with van der Waals surface area (Å²) in [5.41, 5.74) is -1.02. The number of aliphatic hydroxyl groups excluding tert-OH is 1. The Kier molecular flexibility index (Phi) is 5.97. The molecule has 0 radical (unpaired) electrons. The predicted molar refractivity (Wildman–Crippen MR) is 136 cm³/mol. The number of aliphatic hydroxyl groups is 1. The van der Waals surface area contributed by atoms with Gasteiger partial charge in [0.15, 0.2) is 24.3 Å². The molecule has 0 aromatic carbocycles. The molecule has 9 atom stereocenters. The number of nitrogens with zero attached hydrogens (tertiary/aromatic N) is 1. The molecular formula is C30H37NO6. The van der Waals surface area contributed by atoms with Crippen LogP contribution in [0.15, 0.2) is 48.2 Å². The number of carbonyl (C=O) groups is 2. The van der Waals surface area contributed by atoms with Crippen LogP contribution in [0, 0.1) is 28.6 Å². The zero-order valence-electron chi connectivity index (χ0n) is 21.9. The lowest BCUT2D eigenvalue weighted by atomic mass is 9.46.